The number of pyridine rings is 1. The van der Waals surface area contributed by atoms with Gasteiger partial charge in [-0.2, -0.15) is 0 Å². The van der Waals surface area contributed by atoms with E-state index in [-0.39, 0.29) is 25.3 Å². The SMILES string of the molecule is OCC(CO)NC(c1ccccc1)c1ccccn1. The highest BCUT2D eigenvalue weighted by molar-refractivity contribution is 5.27. The lowest BCUT2D eigenvalue weighted by atomic mass is 10.0. The van der Waals surface area contributed by atoms with E-state index < -0.39 is 0 Å². The molecular formula is C15H18N2O2. The van der Waals surface area contributed by atoms with Crippen LogP contribution >= 0.6 is 0 Å². The van der Waals surface area contributed by atoms with Crippen LogP contribution in [0.3, 0.4) is 0 Å². The van der Waals surface area contributed by atoms with Crippen LogP contribution < -0.4 is 5.32 Å². The molecule has 0 spiro atoms. The molecule has 19 heavy (non-hydrogen) atoms. The van der Waals surface area contributed by atoms with Crippen LogP contribution in [0.4, 0.5) is 0 Å². The minimum absolute atomic E-state index is 0.118. The quantitative estimate of drug-likeness (QED) is 0.726. The van der Waals surface area contributed by atoms with Crippen molar-refractivity contribution in [3.63, 3.8) is 0 Å². The molecule has 0 aliphatic carbocycles. The first-order chi connectivity index (χ1) is 9.35. The molecule has 1 aromatic heterocycles. The minimum atomic E-state index is -0.368. The first kappa shape index (κ1) is 13.7. The molecule has 0 amide bonds. The Labute approximate surface area is 112 Å². The Balaban J connectivity index is 2.29. The summed E-state index contributed by atoms with van der Waals surface area (Å²) in [5.41, 5.74) is 1.91. The molecule has 0 bridgehead atoms. The summed E-state index contributed by atoms with van der Waals surface area (Å²) in [4.78, 5) is 4.35. The first-order valence-corrected chi connectivity index (χ1v) is 6.28. The van der Waals surface area contributed by atoms with Gasteiger partial charge in [-0.25, -0.2) is 0 Å². The van der Waals surface area contributed by atoms with Crippen molar-refractivity contribution in [3.8, 4) is 0 Å². The third-order valence-electron chi connectivity index (χ3n) is 2.96. The van der Waals surface area contributed by atoms with Crippen molar-refractivity contribution >= 4 is 0 Å². The second-order valence-corrected chi connectivity index (χ2v) is 4.33. The predicted molar refractivity (Wildman–Crippen MR) is 73.6 cm³/mol. The summed E-state index contributed by atoms with van der Waals surface area (Å²) in [6.07, 6.45) is 1.74. The number of aliphatic hydroxyl groups excluding tert-OH is 2. The highest BCUT2D eigenvalue weighted by Crippen LogP contribution is 2.20. The fraction of sp³-hybridized carbons (Fsp3) is 0.267. The van der Waals surface area contributed by atoms with Gasteiger partial charge >= 0.3 is 0 Å². The zero-order valence-electron chi connectivity index (χ0n) is 10.6. The Kier molecular flexibility index (Phi) is 5.03. The molecule has 0 saturated carbocycles. The van der Waals surface area contributed by atoms with E-state index >= 15 is 0 Å². The van der Waals surface area contributed by atoms with Crippen LogP contribution in [0.1, 0.15) is 17.3 Å². The Bertz CT molecular complexity index is 433. The number of hydrogen-bond donors (Lipinski definition) is 3. The largest absolute Gasteiger partial charge is 0.395 e. The van der Waals surface area contributed by atoms with Crippen LogP contribution in [-0.4, -0.2) is 34.5 Å². The summed E-state index contributed by atoms with van der Waals surface area (Å²) in [5.74, 6) is 0. The average molecular weight is 258 g/mol. The number of nitrogens with one attached hydrogen (secondary N) is 1. The van der Waals surface area contributed by atoms with Gasteiger partial charge in [-0.3, -0.25) is 10.3 Å². The van der Waals surface area contributed by atoms with Crippen LogP contribution in [0, 0.1) is 0 Å². The van der Waals surface area contributed by atoms with Crippen molar-refractivity contribution in [1.82, 2.24) is 10.3 Å². The van der Waals surface area contributed by atoms with E-state index in [2.05, 4.69) is 10.3 Å². The molecule has 0 radical (unpaired) electrons. The third kappa shape index (κ3) is 3.61. The van der Waals surface area contributed by atoms with Crippen LogP contribution in [0.25, 0.3) is 0 Å². The van der Waals surface area contributed by atoms with E-state index in [4.69, 9.17) is 0 Å². The summed E-state index contributed by atoms with van der Waals surface area (Å²) >= 11 is 0. The lowest BCUT2D eigenvalue weighted by Gasteiger charge is -2.23. The topological polar surface area (TPSA) is 65.4 Å². The maximum Gasteiger partial charge on any atom is 0.0755 e. The highest BCUT2D eigenvalue weighted by Gasteiger charge is 2.18. The van der Waals surface area contributed by atoms with E-state index in [9.17, 15) is 10.2 Å². The number of aliphatic hydroxyl groups is 2. The van der Waals surface area contributed by atoms with Gasteiger partial charge in [-0.1, -0.05) is 36.4 Å². The van der Waals surface area contributed by atoms with E-state index in [1.54, 1.807) is 6.20 Å². The summed E-state index contributed by atoms with van der Waals surface area (Å²) in [6.45, 7) is -0.237. The molecule has 0 aliphatic heterocycles. The molecular weight excluding hydrogens is 240 g/mol. The highest BCUT2D eigenvalue weighted by atomic mass is 16.3. The van der Waals surface area contributed by atoms with E-state index in [1.165, 1.54) is 0 Å². The lowest BCUT2D eigenvalue weighted by molar-refractivity contribution is 0.165. The van der Waals surface area contributed by atoms with Gasteiger partial charge in [0.2, 0.25) is 0 Å². The van der Waals surface area contributed by atoms with E-state index in [1.807, 2.05) is 48.5 Å². The molecule has 1 atom stereocenters. The van der Waals surface area contributed by atoms with Crippen molar-refractivity contribution in [2.24, 2.45) is 0 Å². The number of aromatic nitrogens is 1. The molecule has 2 aromatic rings. The van der Waals surface area contributed by atoms with Crippen LogP contribution in [0.15, 0.2) is 54.7 Å². The summed E-state index contributed by atoms with van der Waals surface area (Å²) in [5, 5.41) is 21.7. The molecule has 3 N–H and O–H groups in total. The molecule has 4 heteroatoms. The van der Waals surface area contributed by atoms with Crippen molar-refractivity contribution < 1.29 is 10.2 Å². The third-order valence-corrected chi connectivity index (χ3v) is 2.96. The molecule has 4 nitrogen and oxygen atoms in total. The number of nitrogens with zero attached hydrogens (tertiary/aromatic N) is 1. The zero-order valence-corrected chi connectivity index (χ0v) is 10.6. The number of hydrogen-bond acceptors (Lipinski definition) is 4. The first-order valence-electron chi connectivity index (χ1n) is 6.28. The Morgan fingerprint density at radius 2 is 1.63 bits per heavy atom. The second-order valence-electron chi connectivity index (χ2n) is 4.33. The van der Waals surface area contributed by atoms with Crippen LogP contribution in [0.5, 0.6) is 0 Å². The molecule has 1 heterocycles. The molecule has 0 saturated heterocycles. The summed E-state index contributed by atoms with van der Waals surface area (Å²) in [6, 6.07) is 15.1. The maximum absolute atomic E-state index is 9.23. The Hall–Kier alpha value is -1.75. The Morgan fingerprint density at radius 1 is 0.947 bits per heavy atom. The van der Waals surface area contributed by atoms with Gasteiger partial charge in [-0.05, 0) is 17.7 Å². The van der Waals surface area contributed by atoms with Gasteiger partial charge in [0.15, 0.2) is 0 Å². The van der Waals surface area contributed by atoms with Gasteiger partial charge in [0.25, 0.3) is 0 Å². The summed E-state index contributed by atoms with van der Waals surface area (Å²) in [7, 11) is 0. The van der Waals surface area contributed by atoms with Crippen LogP contribution in [-0.2, 0) is 0 Å². The minimum Gasteiger partial charge on any atom is -0.395 e. The molecule has 0 aliphatic rings. The van der Waals surface area contributed by atoms with Gasteiger partial charge in [0.1, 0.15) is 0 Å². The fourth-order valence-corrected chi connectivity index (χ4v) is 1.94. The average Bonchev–Trinajstić information content (AvgIpc) is 2.50. The predicted octanol–water partition coefficient (Wildman–Crippen LogP) is 1.11. The molecule has 100 valence electrons. The van der Waals surface area contributed by atoms with Gasteiger partial charge < -0.3 is 10.2 Å². The van der Waals surface area contributed by atoms with Gasteiger partial charge in [-0.15, -0.1) is 0 Å². The molecule has 2 rings (SSSR count). The maximum atomic E-state index is 9.23. The molecule has 1 unspecified atom stereocenters. The van der Waals surface area contributed by atoms with Crippen molar-refractivity contribution in [1.29, 1.82) is 0 Å². The summed E-state index contributed by atoms with van der Waals surface area (Å²) < 4.78 is 0. The lowest BCUT2D eigenvalue weighted by Crippen LogP contribution is -2.39. The van der Waals surface area contributed by atoms with Crippen molar-refractivity contribution in [2.75, 3.05) is 13.2 Å². The van der Waals surface area contributed by atoms with Crippen molar-refractivity contribution in [2.45, 2.75) is 12.1 Å². The number of benzene rings is 1. The number of rotatable bonds is 6. The monoisotopic (exact) mass is 258 g/mol. The standard InChI is InChI=1S/C15H18N2O2/c18-10-13(11-19)17-15(12-6-2-1-3-7-12)14-8-4-5-9-16-14/h1-9,13,15,17-19H,10-11H2. The van der Waals surface area contributed by atoms with Gasteiger partial charge in [0.05, 0.1) is 31.0 Å². The molecule has 0 fully saturated rings. The molecule has 1 aromatic carbocycles. The smallest absolute Gasteiger partial charge is 0.0755 e. The zero-order chi connectivity index (χ0) is 13.5. The van der Waals surface area contributed by atoms with Crippen molar-refractivity contribution in [3.05, 3.63) is 66.0 Å². The van der Waals surface area contributed by atoms with Gasteiger partial charge in [0, 0.05) is 6.20 Å². The second kappa shape index (κ2) is 6.99. The van der Waals surface area contributed by atoms with Crippen LogP contribution in [0.2, 0.25) is 0 Å². The Morgan fingerprint density at radius 3 is 2.21 bits per heavy atom. The fourth-order valence-electron chi connectivity index (χ4n) is 1.94. The normalized spacial score (nSPS) is 12.6. The van der Waals surface area contributed by atoms with E-state index in [0.717, 1.165) is 11.3 Å². The van der Waals surface area contributed by atoms with E-state index in [0.29, 0.717) is 0 Å².